The van der Waals surface area contributed by atoms with Crippen LogP contribution in [0.3, 0.4) is 0 Å². The highest BCUT2D eigenvalue weighted by Crippen LogP contribution is 2.19. The van der Waals surface area contributed by atoms with E-state index in [0.717, 1.165) is 0 Å². The third-order valence-electron chi connectivity index (χ3n) is 2.36. The molecule has 0 aromatic heterocycles. The van der Waals surface area contributed by atoms with Crippen molar-refractivity contribution >= 4 is 11.9 Å². The SMILES string of the molecule is COC[C@@H]1CC(=O)N[C@H]1CC(=O)OC. The Morgan fingerprint density at radius 1 is 1.57 bits per heavy atom. The summed E-state index contributed by atoms with van der Waals surface area (Å²) in [5, 5.41) is 2.73. The lowest BCUT2D eigenvalue weighted by Crippen LogP contribution is -2.33. The number of carbonyl (C=O) groups excluding carboxylic acids is 2. The van der Waals surface area contributed by atoms with E-state index in [9.17, 15) is 9.59 Å². The van der Waals surface area contributed by atoms with Crippen LogP contribution in [0.4, 0.5) is 0 Å². The molecule has 1 aliphatic heterocycles. The van der Waals surface area contributed by atoms with Crippen LogP contribution in [0.2, 0.25) is 0 Å². The average molecular weight is 201 g/mol. The second kappa shape index (κ2) is 4.95. The Kier molecular flexibility index (Phi) is 3.88. The van der Waals surface area contributed by atoms with Gasteiger partial charge in [0.1, 0.15) is 0 Å². The summed E-state index contributed by atoms with van der Waals surface area (Å²) in [6.45, 7) is 0.487. The first-order valence-electron chi connectivity index (χ1n) is 4.52. The summed E-state index contributed by atoms with van der Waals surface area (Å²) >= 11 is 0. The molecule has 1 amide bonds. The molecule has 14 heavy (non-hydrogen) atoms. The monoisotopic (exact) mass is 201 g/mol. The third kappa shape index (κ3) is 2.70. The fraction of sp³-hybridized carbons (Fsp3) is 0.778. The fourth-order valence-corrected chi connectivity index (χ4v) is 1.63. The summed E-state index contributed by atoms with van der Waals surface area (Å²) in [7, 11) is 2.92. The van der Waals surface area contributed by atoms with Gasteiger partial charge in [0, 0.05) is 25.5 Å². The second-order valence-corrected chi connectivity index (χ2v) is 3.37. The Balaban J connectivity index is 2.48. The Morgan fingerprint density at radius 2 is 2.29 bits per heavy atom. The standard InChI is InChI=1S/C9H15NO4/c1-13-5-6-3-8(11)10-7(6)4-9(12)14-2/h6-7H,3-5H2,1-2H3,(H,10,11)/t6-,7-/m0/s1. The zero-order valence-corrected chi connectivity index (χ0v) is 8.41. The Morgan fingerprint density at radius 3 is 2.86 bits per heavy atom. The Hall–Kier alpha value is -1.10. The molecule has 0 saturated carbocycles. The van der Waals surface area contributed by atoms with Crippen LogP contribution in [-0.4, -0.2) is 38.7 Å². The molecule has 5 nitrogen and oxygen atoms in total. The van der Waals surface area contributed by atoms with Gasteiger partial charge in [0.25, 0.3) is 0 Å². The first-order chi connectivity index (χ1) is 6.67. The van der Waals surface area contributed by atoms with Crippen LogP contribution in [0.1, 0.15) is 12.8 Å². The van der Waals surface area contributed by atoms with E-state index >= 15 is 0 Å². The number of ether oxygens (including phenoxy) is 2. The molecule has 0 radical (unpaired) electrons. The number of nitrogens with one attached hydrogen (secondary N) is 1. The van der Waals surface area contributed by atoms with Crippen LogP contribution in [0, 0.1) is 5.92 Å². The van der Waals surface area contributed by atoms with Crippen molar-refractivity contribution < 1.29 is 19.1 Å². The minimum Gasteiger partial charge on any atom is -0.469 e. The van der Waals surface area contributed by atoms with Crippen LogP contribution in [0.25, 0.3) is 0 Å². The van der Waals surface area contributed by atoms with Gasteiger partial charge in [0.15, 0.2) is 0 Å². The molecule has 2 atom stereocenters. The van der Waals surface area contributed by atoms with E-state index in [1.54, 1.807) is 7.11 Å². The maximum absolute atomic E-state index is 11.1. The van der Waals surface area contributed by atoms with E-state index in [1.165, 1.54) is 7.11 Å². The predicted molar refractivity (Wildman–Crippen MR) is 48.5 cm³/mol. The van der Waals surface area contributed by atoms with Gasteiger partial charge >= 0.3 is 5.97 Å². The minimum absolute atomic E-state index is 0.0269. The number of amides is 1. The molecule has 1 rings (SSSR count). The van der Waals surface area contributed by atoms with Gasteiger partial charge in [-0.1, -0.05) is 0 Å². The van der Waals surface area contributed by atoms with Gasteiger partial charge < -0.3 is 14.8 Å². The van der Waals surface area contributed by atoms with Crippen LogP contribution in [0.15, 0.2) is 0 Å². The molecular weight excluding hydrogens is 186 g/mol. The number of esters is 1. The Labute approximate surface area is 82.8 Å². The van der Waals surface area contributed by atoms with E-state index in [2.05, 4.69) is 10.1 Å². The summed E-state index contributed by atoms with van der Waals surface area (Å²) in [6, 6.07) is -0.144. The largest absolute Gasteiger partial charge is 0.469 e. The van der Waals surface area contributed by atoms with Crippen LogP contribution >= 0.6 is 0 Å². The molecule has 0 aliphatic carbocycles. The molecule has 5 heteroatoms. The molecule has 1 N–H and O–H groups in total. The lowest BCUT2D eigenvalue weighted by molar-refractivity contribution is -0.141. The van der Waals surface area contributed by atoms with Crippen molar-refractivity contribution in [3.05, 3.63) is 0 Å². The highest BCUT2D eigenvalue weighted by atomic mass is 16.5. The van der Waals surface area contributed by atoms with Gasteiger partial charge in [-0.25, -0.2) is 0 Å². The van der Waals surface area contributed by atoms with Gasteiger partial charge in [-0.2, -0.15) is 0 Å². The van der Waals surface area contributed by atoms with Crippen LogP contribution in [-0.2, 0) is 19.1 Å². The topological polar surface area (TPSA) is 64.6 Å². The predicted octanol–water partition coefficient (Wildman–Crippen LogP) is -0.299. The van der Waals surface area contributed by atoms with Crippen LogP contribution in [0.5, 0.6) is 0 Å². The normalized spacial score (nSPS) is 26.0. The van der Waals surface area contributed by atoms with E-state index in [1.807, 2.05) is 0 Å². The van der Waals surface area contributed by atoms with Crippen molar-refractivity contribution in [3.8, 4) is 0 Å². The molecule has 1 fully saturated rings. The van der Waals surface area contributed by atoms with Gasteiger partial charge in [-0.05, 0) is 0 Å². The average Bonchev–Trinajstić information content (AvgIpc) is 2.47. The smallest absolute Gasteiger partial charge is 0.307 e. The van der Waals surface area contributed by atoms with Gasteiger partial charge in [0.2, 0.25) is 5.91 Å². The van der Waals surface area contributed by atoms with Crippen molar-refractivity contribution in [3.63, 3.8) is 0 Å². The molecule has 0 aromatic rings. The number of carbonyl (C=O) groups is 2. The number of hydrogen-bond acceptors (Lipinski definition) is 4. The summed E-state index contributed by atoms with van der Waals surface area (Å²) in [5.41, 5.74) is 0. The minimum atomic E-state index is -0.307. The molecule has 0 bridgehead atoms. The maximum Gasteiger partial charge on any atom is 0.307 e. The zero-order chi connectivity index (χ0) is 10.6. The molecule has 80 valence electrons. The molecule has 0 spiro atoms. The lowest BCUT2D eigenvalue weighted by atomic mass is 9.99. The summed E-state index contributed by atoms with van der Waals surface area (Å²) in [6.07, 6.45) is 0.645. The van der Waals surface area contributed by atoms with Gasteiger partial charge in [0.05, 0.1) is 20.1 Å². The highest BCUT2D eigenvalue weighted by Gasteiger charge is 2.33. The van der Waals surface area contributed by atoms with Crippen molar-refractivity contribution in [1.29, 1.82) is 0 Å². The molecular formula is C9H15NO4. The van der Waals surface area contributed by atoms with Gasteiger partial charge in [-0.15, -0.1) is 0 Å². The summed E-state index contributed by atoms with van der Waals surface area (Å²) in [4.78, 5) is 22.1. The van der Waals surface area contributed by atoms with E-state index in [4.69, 9.17) is 4.74 Å². The molecule has 1 heterocycles. The third-order valence-corrected chi connectivity index (χ3v) is 2.36. The van der Waals surface area contributed by atoms with E-state index in [-0.39, 0.29) is 30.3 Å². The summed E-state index contributed by atoms with van der Waals surface area (Å²) < 4.78 is 9.52. The molecule has 0 unspecified atom stereocenters. The first kappa shape index (κ1) is 11.0. The molecule has 1 aliphatic rings. The summed E-state index contributed by atoms with van der Waals surface area (Å²) in [5.74, 6) is -0.258. The molecule has 1 saturated heterocycles. The Bertz CT molecular complexity index is 229. The first-order valence-corrected chi connectivity index (χ1v) is 4.52. The van der Waals surface area contributed by atoms with Crippen LogP contribution < -0.4 is 5.32 Å². The van der Waals surface area contributed by atoms with Crippen molar-refractivity contribution in [2.24, 2.45) is 5.92 Å². The van der Waals surface area contributed by atoms with Gasteiger partial charge in [-0.3, -0.25) is 9.59 Å². The van der Waals surface area contributed by atoms with Crippen molar-refractivity contribution in [2.75, 3.05) is 20.8 Å². The van der Waals surface area contributed by atoms with E-state index in [0.29, 0.717) is 13.0 Å². The molecule has 0 aromatic carbocycles. The number of methoxy groups -OCH3 is 2. The number of hydrogen-bond donors (Lipinski definition) is 1. The van der Waals surface area contributed by atoms with E-state index < -0.39 is 0 Å². The highest BCUT2D eigenvalue weighted by molar-refractivity contribution is 5.80. The zero-order valence-electron chi connectivity index (χ0n) is 8.41. The maximum atomic E-state index is 11.1. The lowest BCUT2D eigenvalue weighted by Gasteiger charge is -2.16. The number of rotatable bonds is 4. The van der Waals surface area contributed by atoms with Crippen molar-refractivity contribution in [2.45, 2.75) is 18.9 Å². The fourth-order valence-electron chi connectivity index (χ4n) is 1.63. The quantitative estimate of drug-likeness (QED) is 0.634. The second-order valence-electron chi connectivity index (χ2n) is 3.37. The van der Waals surface area contributed by atoms with Crippen molar-refractivity contribution in [1.82, 2.24) is 5.32 Å².